The van der Waals surface area contributed by atoms with Gasteiger partial charge in [-0.25, -0.2) is 0 Å². The van der Waals surface area contributed by atoms with Crippen LogP contribution in [0.15, 0.2) is 54.6 Å². The summed E-state index contributed by atoms with van der Waals surface area (Å²) in [4.78, 5) is 12.1. The van der Waals surface area contributed by atoms with Crippen molar-refractivity contribution in [3.05, 3.63) is 70.7 Å². The van der Waals surface area contributed by atoms with Crippen molar-refractivity contribution in [1.29, 1.82) is 0 Å². The minimum atomic E-state index is -0.661. The van der Waals surface area contributed by atoms with Crippen LogP contribution in [0.5, 0.6) is 0 Å². The van der Waals surface area contributed by atoms with E-state index in [-0.39, 0.29) is 11.9 Å². The lowest BCUT2D eigenvalue weighted by atomic mass is 10.1. The summed E-state index contributed by atoms with van der Waals surface area (Å²) in [7, 11) is 0. The van der Waals surface area contributed by atoms with Gasteiger partial charge < -0.3 is 11.1 Å². The second kappa shape index (κ2) is 6.55. The Balaban J connectivity index is 2.02. The molecule has 0 aromatic heterocycles. The van der Waals surface area contributed by atoms with Crippen LogP contribution in [0.3, 0.4) is 0 Å². The quantitative estimate of drug-likeness (QED) is 0.907. The lowest BCUT2D eigenvalue weighted by Gasteiger charge is -2.18. The molecule has 2 aromatic rings. The van der Waals surface area contributed by atoms with Crippen LogP contribution in [0.4, 0.5) is 0 Å². The number of hydrogen-bond acceptors (Lipinski definition) is 2. The summed E-state index contributed by atoms with van der Waals surface area (Å²) < 4.78 is 0. The summed E-state index contributed by atoms with van der Waals surface area (Å²) in [5.41, 5.74) is 7.74. The molecule has 0 fully saturated rings. The third-order valence-electron chi connectivity index (χ3n) is 3.17. The Labute approximate surface area is 123 Å². The van der Waals surface area contributed by atoms with E-state index in [9.17, 15) is 4.79 Å². The average molecular weight is 289 g/mol. The maximum Gasteiger partial charge on any atom is 0.241 e. The number of nitrogens with two attached hydrogens (primary N) is 1. The van der Waals surface area contributed by atoms with Crippen molar-refractivity contribution in [2.45, 2.75) is 19.0 Å². The number of carbonyl (C=O) groups excluding carboxylic acids is 1. The standard InChI is InChI=1S/C16H17ClN2O/c1-11(12-7-9-14(17)10-8-12)19-16(20)15(18)13-5-3-2-4-6-13/h2-11,15H,18H2,1H3,(H,19,20)/t11-,15?/m0/s1. The fraction of sp³-hybridized carbons (Fsp3) is 0.188. The molecule has 0 spiro atoms. The second-order valence-corrected chi connectivity index (χ2v) is 5.11. The van der Waals surface area contributed by atoms with Gasteiger partial charge in [-0.2, -0.15) is 0 Å². The van der Waals surface area contributed by atoms with Crippen molar-refractivity contribution < 1.29 is 4.79 Å². The van der Waals surface area contributed by atoms with Gasteiger partial charge >= 0.3 is 0 Å². The smallest absolute Gasteiger partial charge is 0.241 e. The van der Waals surface area contributed by atoms with Crippen LogP contribution in [0.1, 0.15) is 30.1 Å². The Morgan fingerprint density at radius 1 is 1.05 bits per heavy atom. The molecule has 1 unspecified atom stereocenters. The number of amides is 1. The first-order chi connectivity index (χ1) is 9.58. The Hall–Kier alpha value is -1.84. The summed E-state index contributed by atoms with van der Waals surface area (Å²) in [6.45, 7) is 1.92. The van der Waals surface area contributed by atoms with E-state index in [1.54, 1.807) is 12.1 Å². The SMILES string of the molecule is C[C@H](NC(=O)C(N)c1ccccc1)c1ccc(Cl)cc1. The molecule has 1 amide bonds. The highest BCUT2D eigenvalue weighted by Crippen LogP contribution is 2.17. The van der Waals surface area contributed by atoms with Gasteiger partial charge in [0.1, 0.15) is 6.04 Å². The second-order valence-electron chi connectivity index (χ2n) is 4.67. The minimum Gasteiger partial charge on any atom is -0.348 e. The molecular weight excluding hydrogens is 272 g/mol. The fourth-order valence-corrected chi connectivity index (χ4v) is 2.08. The van der Waals surface area contributed by atoms with E-state index >= 15 is 0 Å². The lowest BCUT2D eigenvalue weighted by Crippen LogP contribution is -2.35. The van der Waals surface area contributed by atoms with Gasteiger partial charge in [0.05, 0.1) is 6.04 Å². The largest absolute Gasteiger partial charge is 0.348 e. The number of benzene rings is 2. The third-order valence-corrected chi connectivity index (χ3v) is 3.42. The molecule has 3 N–H and O–H groups in total. The normalized spacial score (nSPS) is 13.6. The highest BCUT2D eigenvalue weighted by Gasteiger charge is 2.17. The van der Waals surface area contributed by atoms with E-state index in [1.165, 1.54) is 0 Å². The van der Waals surface area contributed by atoms with Crippen molar-refractivity contribution in [2.24, 2.45) is 5.73 Å². The highest BCUT2D eigenvalue weighted by atomic mass is 35.5. The van der Waals surface area contributed by atoms with Crippen LogP contribution >= 0.6 is 11.6 Å². The molecule has 0 aliphatic carbocycles. The zero-order valence-electron chi connectivity index (χ0n) is 11.2. The van der Waals surface area contributed by atoms with Crippen LogP contribution < -0.4 is 11.1 Å². The maximum atomic E-state index is 12.1. The van der Waals surface area contributed by atoms with Crippen molar-refractivity contribution in [2.75, 3.05) is 0 Å². The zero-order chi connectivity index (χ0) is 14.5. The van der Waals surface area contributed by atoms with E-state index in [4.69, 9.17) is 17.3 Å². The van der Waals surface area contributed by atoms with Gasteiger partial charge in [0, 0.05) is 5.02 Å². The Morgan fingerprint density at radius 3 is 2.25 bits per heavy atom. The van der Waals surface area contributed by atoms with Gasteiger partial charge in [-0.3, -0.25) is 4.79 Å². The van der Waals surface area contributed by atoms with E-state index < -0.39 is 6.04 Å². The summed E-state index contributed by atoms with van der Waals surface area (Å²) in [6, 6.07) is 15.9. The fourth-order valence-electron chi connectivity index (χ4n) is 1.95. The first-order valence-electron chi connectivity index (χ1n) is 6.44. The van der Waals surface area contributed by atoms with E-state index in [0.29, 0.717) is 5.02 Å². The van der Waals surface area contributed by atoms with Crippen LogP contribution in [0.2, 0.25) is 5.02 Å². The topological polar surface area (TPSA) is 55.1 Å². The van der Waals surface area contributed by atoms with Gasteiger partial charge in [0.15, 0.2) is 0 Å². The minimum absolute atomic E-state index is 0.116. The van der Waals surface area contributed by atoms with Crippen LogP contribution in [-0.4, -0.2) is 5.91 Å². The molecule has 0 aliphatic rings. The molecule has 0 radical (unpaired) electrons. The number of nitrogens with one attached hydrogen (secondary N) is 1. The van der Waals surface area contributed by atoms with Crippen molar-refractivity contribution in [1.82, 2.24) is 5.32 Å². The Bertz CT molecular complexity index is 569. The van der Waals surface area contributed by atoms with Gasteiger partial charge in [-0.15, -0.1) is 0 Å². The first-order valence-corrected chi connectivity index (χ1v) is 6.82. The predicted molar refractivity (Wildman–Crippen MR) is 81.4 cm³/mol. The van der Waals surface area contributed by atoms with E-state index in [0.717, 1.165) is 11.1 Å². The molecule has 0 heterocycles. The van der Waals surface area contributed by atoms with Gasteiger partial charge in [-0.1, -0.05) is 54.1 Å². The monoisotopic (exact) mass is 288 g/mol. The highest BCUT2D eigenvalue weighted by molar-refractivity contribution is 6.30. The van der Waals surface area contributed by atoms with Crippen LogP contribution in [-0.2, 0) is 4.79 Å². The van der Waals surface area contributed by atoms with Gasteiger partial charge in [0.25, 0.3) is 0 Å². The molecule has 20 heavy (non-hydrogen) atoms. The summed E-state index contributed by atoms with van der Waals surface area (Å²) >= 11 is 5.85. The molecule has 0 saturated carbocycles. The number of hydrogen-bond donors (Lipinski definition) is 2. The molecule has 0 saturated heterocycles. The van der Waals surface area contributed by atoms with Crippen molar-refractivity contribution in [3.8, 4) is 0 Å². The molecule has 3 nitrogen and oxygen atoms in total. The predicted octanol–water partition coefficient (Wildman–Crippen LogP) is 3.22. The van der Waals surface area contributed by atoms with Crippen LogP contribution in [0, 0.1) is 0 Å². The van der Waals surface area contributed by atoms with Gasteiger partial charge in [0.2, 0.25) is 5.91 Å². The molecular formula is C16H17ClN2O. The van der Waals surface area contributed by atoms with Crippen molar-refractivity contribution in [3.63, 3.8) is 0 Å². The Kier molecular flexibility index (Phi) is 4.77. The van der Waals surface area contributed by atoms with Crippen molar-refractivity contribution >= 4 is 17.5 Å². The average Bonchev–Trinajstić information content (AvgIpc) is 2.48. The molecule has 4 heteroatoms. The van der Waals surface area contributed by atoms with Gasteiger partial charge in [-0.05, 0) is 30.2 Å². The van der Waals surface area contributed by atoms with Crippen LogP contribution in [0.25, 0.3) is 0 Å². The third kappa shape index (κ3) is 3.59. The molecule has 0 bridgehead atoms. The van der Waals surface area contributed by atoms with E-state index in [2.05, 4.69) is 5.32 Å². The number of rotatable bonds is 4. The number of halogens is 1. The molecule has 2 rings (SSSR count). The summed E-state index contributed by atoms with van der Waals surface area (Å²) in [5.74, 6) is -0.196. The molecule has 0 aliphatic heterocycles. The molecule has 104 valence electrons. The lowest BCUT2D eigenvalue weighted by molar-refractivity contribution is -0.123. The Morgan fingerprint density at radius 2 is 1.65 bits per heavy atom. The summed E-state index contributed by atoms with van der Waals surface area (Å²) in [5, 5.41) is 3.58. The zero-order valence-corrected chi connectivity index (χ0v) is 12.0. The first kappa shape index (κ1) is 14.6. The summed E-state index contributed by atoms with van der Waals surface area (Å²) in [6.07, 6.45) is 0. The molecule has 2 aromatic carbocycles. The number of carbonyl (C=O) groups is 1. The molecule has 2 atom stereocenters. The maximum absolute atomic E-state index is 12.1. The van der Waals surface area contributed by atoms with E-state index in [1.807, 2.05) is 49.4 Å².